The summed E-state index contributed by atoms with van der Waals surface area (Å²) >= 11 is 3.20. The smallest absolute Gasteiger partial charge is 0.231 e. The van der Waals surface area contributed by atoms with E-state index in [2.05, 4.69) is 11.4 Å². The van der Waals surface area contributed by atoms with Crippen molar-refractivity contribution in [3.8, 4) is 0 Å². The second-order valence-electron chi connectivity index (χ2n) is 5.96. The Morgan fingerprint density at radius 2 is 2.09 bits per heavy atom. The van der Waals surface area contributed by atoms with Gasteiger partial charge in [0.25, 0.3) is 0 Å². The van der Waals surface area contributed by atoms with Crippen LogP contribution in [0.25, 0.3) is 0 Å². The number of hydrogen-bond acceptors (Lipinski definition) is 4. The topological polar surface area (TPSA) is 49.3 Å². The van der Waals surface area contributed by atoms with Gasteiger partial charge in [-0.2, -0.15) is 0 Å². The first-order chi connectivity index (χ1) is 10.6. The Labute approximate surface area is 139 Å². The molecule has 2 aromatic heterocycles. The molecule has 0 unspecified atom stereocenters. The average Bonchev–Trinajstić information content (AvgIpc) is 3.24. The lowest BCUT2D eigenvalue weighted by molar-refractivity contribution is -0.127. The van der Waals surface area contributed by atoms with Gasteiger partial charge in [-0.1, -0.05) is 18.9 Å². The monoisotopic (exact) mass is 335 g/mol. The highest BCUT2D eigenvalue weighted by atomic mass is 32.1. The molecule has 0 radical (unpaired) electrons. The van der Waals surface area contributed by atoms with Crippen molar-refractivity contribution in [3.63, 3.8) is 0 Å². The highest BCUT2D eigenvalue weighted by molar-refractivity contribution is 7.10. The summed E-state index contributed by atoms with van der Waals surface area (Å²) in [6.07, 6.45) is 3.39. The van der Waals surface area contributed by atoms with Crippen molar-refractivity contribution >= 4 is 28.6 Å². The second kappa shape index (κ2) is 6.52. The highest BCUT2D eigenvalue weighted by Gasteiger charge is 2.43. The molecule has 2 N–H and O–H groups in total. The standard InChI is InChI=1S/C17H21NO2S2/c1-12-6-10-22-15(12)13(19)11-18-16(20)17(7-2-3-8-17)14-5-4-9-21-14/h4-6,9-10,13,19H,2-3,7-8,11H2,1H3,(H,18,20)/t13-/m1/s1. The first-order valence-corrected chi connectivity index (χ1v) is 9.44. The molecule has 0 bridgehead atoms. The summed E-state index contributed by atoms with van der Waals surface area (Å²) in [6, 6.07) is 6.07. The molecule has 1 aliphatic carbocycles. The molecule has 1 amide bonds. The van der Waals surface area contributed by atoms with E-state index < -0.39 is 6.10 Å². The van der Waals surface area contributed by atoms with Crippen LogP contribution in [0.5, 0.6) is 0 Å². The van der Waals surface area contributed by atoms with Crippen LogP contribution in [-0.4, -0.2) is 17.6 Å². The molecule has 5 heteroatoms. The van der Waals surface area contributed by atoms with Gasteiger partial charge in [0.1, 0.15) is 6.10 Å². The van der Waals surface area contributed by atoms with E-state index in [1.807, 2.05) is 29.8 Å². The number of amides is 1. The maximum Gasteiger partial charge on any atom is 0.231 e. The van der Waals surface area contributed by atoms with Gasteiger partial charge in [0.15, 0.2) is 0 Å². The SMILES string of the molecule is Cc1ccsc1[C@H](O)CNC(=O)C1(c2cccs2)CCCC1. The maximum absolute atomic E-state index is 12.8. The zero-order valence-corrected chi connectivity index (χ0v) is 14.3. The third-order valence-corrected chi connectivity index (χ3v) is 6.74. The van der Waals surface area contributed by atoms with Crippen LogP contribution >= 0.6 is 22.7 Å². The molecular weight excluding hydrogens is 314 g/mol. The molecule has 2 heterocycles. The van der Waals surface area contributed by atoms with Crippen LogP contribution < -0.4 is 5.32 Å². The fourth-order valence-corrected chi connectivity index (χ4v) is 5.19. The van der Waals surface area contributed by atoms with Crippen LogP contribution in [0.1, 0.15) is 47.1 Å². The molecule has 3 rings (SSSR count). The van der Waals surface area contributed by atoms with Gasteiger partial charge < -0.3 is 10.4 Å². The molecule has 22 heavy (non-hydrogen) atoms. The molecule has 1 saturated carbocycles. The fourth-order valence-electron chi connectivity index (χ4n) is 3.29. The quantitative estimate of drug-likeness (QED) is 0.873. The van der Waals surface area contributed by atoms with Crippen molar-refractivity contribution < 1.29 is 9.90 Å². The van der Waals surface area contributed by atoms with Crippen LogP contribution in [0.2, 0.25) is 0 Å². The van der Waals surface area contributed by atoms with Gasteiger partial charge in [0.2, 0.25) is 5.91 Å². The van der Waals surface area contributed by atoms with Crippen LogP contribution in [0.3, 0.4) is 0 Å². The first kappa shape index (κ1) is 15.7. The minimum absolute atomic E-state index is 0.0701. The van der Waals surface area contributed by atoms with E-state index in [-0.39, 0.29) is 17.9 Å². The van der Waals surface area contributed by atoms with E-state index in [4.69, 9.17) is 0 Å². The molecule has 3 nitrogen and oxygen atoms in total. The largest absolute Gasteiger partial charge is 0.386 e. The van der Waals surface area contributed by atoms with Gasteiger partial charge in [-0.15, -0.1) is 22.7 Å². The normalized spacial score (nSPS) is 18.3. The predicted molar refractivity (Wildman–Crippen MR) is 91.5 cm³/mol. The van der Waals surface area contributed by atoms with Gasteiger partial charge in [-0.25, -0.2) is 0 Å². The Morgan fingerprint density at radius 3 is 2.68 bits per heavy atom. The molecule has 1 aliphatic rings. The van der Waals surface area contributed by atoms with Crippen molar-refractivity contribution in [1.82, 2.24) is 5.32 Å². The second-order valence-corrected chi connectivity index (χ2v) is 7.86. The van der Waals surface area contributed by atoms with Crippen molar-refractivity contribution in [2.45, 2.75) is 44.1 Å². The molecule has 1 atom stereocenters. The third kappa shape index (κ3) is 2.85. The molecule has 0 aliphatic heterocycles. The van der Waals surface area contributed by atoms with Gasteiger partial charge in [-0.05, 0) is 48.2 Å². The van der Waals surface area contributed by atoms with E-state index >= 15 is 0 Å². The van der Waals surface area contributed by atoms with Crippen LogP contribution in [-0.2, 0) is 10.2 Å². The van der Waals surface area contributed by atoms with Crippen LogP contribution in [0.4, 0.5) is 0 Å². The number of hydrogen-bond donors (Lipinski definition) is 2. The van der Waals surface area contributed by atoms with E-state index in [0.717, 1.165) is 41.0 Å². The molecular formula is C17H21NO2S2. The fraction of sp³-hybridized carbons (Fsp3) is 0.471. The summed E-state index contributed by atoms with van der Waals surface area (Å²) in [6.45, 7) is 2.27. The Bertz CT molecular complexity index is 627. The summed E-state index contributed by atoms with van der Waals surface area (Å²) in [5.41, 5.74) is 0.707. The van der Waals surface area contributed by atoms with Crippen molar-refractivity contribution in [2.24, 2.45) is 0 Å². The summed E-state index contributed by atoms with van der Waals surface area (Å²) in [5.74, 6) is 0.0701. The number of carbonyl (C=O) groups excluding carboxylic acids is 1. The van der Waals surface area contributed by atoms with Gasteiger partial charge in [0.05, 0.1) is 5.41 Å². The van der Waals surface area contributed by atoms with Crippen LogP contribution in [0, 0.1) is 6.92 Å². The maximum atomic E-state index is 12.8. The molecule has 0 aromatic carbocycles. The lowest BCUT2D eigenvalue weighted by atomic mass is 9.83. The first-order valence-electron chi connectivity index (χ1n) is 7.68. The Hall–Kier alpha value is -1.17. The third-order valence-electron chi connectivity index (χ3n) is 4.54. The van der Waals surface area contributed by atoms with E-state index in [9.17, 15) is 9.90 Å². The van der Waals surface area contributed by atoms with Gasteiger partial charge in [-0.3, -0.25) is 4.79 Å². The average molecular weight is 335 g/mol. The Kier molecular flexibility index (Phi) is 4.66. The van der Waals surface area contributed by atoms with Crippen LogP contribution in [0.15, 0.2) is 29.0 Å². The number of thiophene rings is 2. The molecule has 0 spiro atoms. The van der Waals surface area contributed by atoms with Crippen molar-refractivity contribution in [2.75, 3.05) is 6.54 Å². The zero-order chi connectivity index (χ0) is 15.6. The van der Waals surface area contributed by atoms with Gasteiger partial charge in [0, 0.05) is 16.3 Å². The number of aryl methyl sites for hydroxylation is 1. The van der Waals surface area contributed by atoms with E-state index in [1.165, 1.54) is 11.3 Å². The molecule has 2 aromatic rings. The van der Waals surface area contributed by atoms with Crippen molar-refractivity contribution in [3.05, 3.63) is 44.3 Å². The Balaban J connectivity index is 1.69. The molecule has 0 saturated heterocycles. The lowest BCUT2D eigenvalue weighted by Crippen LogP contribution is -2.43. The van der Waals surface area contributed by atoms with E-state index in [1.54, 1.807) is 11.3 Å². The number of aliphatic hydroxyl groups is 1. The summed E-state index contributed by atoms with van der Waals surface area (Å²) < 4.78 is 0. The summed E-state index contributed by atoms with van der Waals surface area (Å²) in [5, 5.41) is 17.3. The number of nitrogens with one attached hydrogen (secondary N) is 1. The predicted octanol–water partition coefficient (Wildman–Crippen LogP) is 3.78. The number of carbonyl (C=O) groups is 1. The molecule has 118 valence electrons. The zero-order valence-electron chi connectivity index (χ0n) is 12.7. The minimum Gasteiger partial charge on any atom is -0.386 e. The van der Waals surface area contributed by atoms with Gasteiger partial charge >= 0.3 is 0 Å². The van der Waals surface area contributed by atoms with Crippen molar-refractivity contribution in [1.29, 1.82) is 0 Å². The Morgan fingerprint density at radius 1 is 1.32 bits per heavy atom. The highest BCUT2D eigenvalue weighted by Crippen LogP contribution is 2.43. The number of rotatable bonds is 5. The summed E-state index contributed by atoms with van der Waals surface area (Å²) in [4.78, 5) is 14.9. The molecule has 1 fully saturated rings. The number of aliphatic hydroxyl groups excluding tert-OH is 1. The lowest BCUT2D eigenvalue weighted by Gasteiger charge is -2.27. The van der Waals surface area contributed by atoms with E-state index in [0.29, 0.717) is 0 Å². The summed E-state index contributed by atoms with van der Waals surface area (Å²) in [7, 11) is 0. The minimum atomic E-state index is -0.620.